The lowest BCUT2D eigenvalue weighted by molar-refractivity contribution is -0.414. The van der Waals surface area contributed by atoms with Crippen LogP contribution in [0.2, 0.25) is 0 Å². The quantitative estimate of drug-likeness (QED) is 0.573. The molecule has 0 amide bonds. The van der Waals surface area contributed by atoms with Crippen LogP contribution in [0, 0.1) is 5.92 Å². The van der Waals surface area contributed by atoms with Crippen molar-refractivity contribution < 1.29 is 19.6 Å². The number of hydrogen-bond acceptors (Lipinski definition) is 4. The maximum atomic E-state index is 5.59. The van der Waals surface area contributed by atoms with Gasteiger partial charge in [-0.2, -0.15) is 0 Å². The summed E-state index contributed by atoms with van der Waals surface area (Å²) < 4.78 is 0. The third-order valence-electron chi connectivity index (χ3n) is 2.99. The van der Waals surface area contributed by atoms with E-state index in [1.165, 1.54) is 0 Å². The molecule has 0 N–H and O–H groups in total. The maximum absolute atomic E-state index is 5.59. The summed E-state index contributed by atoms with van der Waals surface area (Å²) in [6.07, 6.45) is 3.23. The third-order valence-corrected chi connectivity index (χ3v) is 2.99. The largest absolute Gasteiger partial charge is 0.232 e. The highest BCUT2D eigenvalue weighted by Crippen LogP contribution is 2.31. The molecule has 1 aliphatic rings. The van der Waals surface area contributed by atoms with E-state index in [2.05, 4.69) is 6.92 Å². The van der Waals surface area contributed by atoms with Crippen LogP contribution in [0.15, 0.2) is 0 Å². The molecule has 0 aromatic carbocycles. The summed E-state index contributed by atoms with van der Waals surface area (Å²) in [7, 11) is 0. The first-order valence-corrected chi connectivity index (χ1v) is 7.27. The van der Waals surface area contributed by atoms with Gasteiger partial charge in [0, 0.05) is 5.92 Å². The third kappa shape index (κ3) is 6.70. The van der Waals surface area contributed by atoms with Crippen LogP contribution in [-0.2, 0) is 19.6 Å². The van der Waals surface area contributed by atoms with Crippen molar-refractivity contribution in [1.82, 2.24) is 0 Å². The van der Waals surface area contributed by atoms with Crippen molar-refractivity contribution in [3.05, 3.63) is 0 Å². The fourth-order valence-corrected chi connectivity index (χ4v) is 1.97. The van der Waals surface area contributed by atoms with Crippen molar-refractivity contribution in [1.29, 1.82) is 0 Å². The molecule has 2 unspecified atom stereocenters. The molecule has 0 radical (unpaired) electrons. The van der Waals surface area contributed by atoms with E-state index >= 15 is 0 Å². The van der Waals surface area contributed by atoms with Crippen LogP contribution >= 0.6 is 0 Å². The number of rotatable bonds is 4. The Morgan fingerprint density at radius 2 is 1.11 bits per heavy atom. The molecule has 0 aromatic heterocycles. The fourth-order valence-electron chi connectivity index (χ4n) is 1.97. The van der Waals surface area contributed by atoms with Crippen molar-refractivity contribution >= 4 is 0 Å². The molecule has 4 heteroatoms. The standard InChI is InChI=1S/C15H30O4/c1-11-12(16-18-14(2,3)4)9-8-10-13(11)17-19-15(5,6)7/h11-13H,8-10H2,1-7H3. The van der Waals surface area contributed by atoms with E-state index in [4.69, 9.17) is 19.6 Å². The second-order valence-corrected chi connectivity index (χ2v) is 7.45. The molecule has 0 aromatic rings. The van der Waals surface area contributed by atoms with Crippen molar-refractivity contribution in [2.45, 2.75) is 91.1 Å². The monoisotopic (exact) mass is 274 g/mol. The van der Waals surface area contributed by atoms with Crippen LogP contribution < -0.4 is 0 Å². The van der Waals surface area contributed by atoms with E-state index in [-0.39, 0.29) is 29.3 Å². The Kier molecular flexibility index (Phi) is 5.80. The van der Waals surface area contributed by atoms with Gasteiger partial charge in [-0.05, 0) is 60.8 Å². The lowest BCUT2D eigenvalue weighted by Crippen LogP contribution is -2.40. The Hall–Kier alpha value is -0.160. The highest BCUT2D eigenvalue weighted by atomic mass is 17.2. The van der Waals surface area contributed by atoms with E-state index in [1.807, 2.05) is 41.5 Å². The van der Waals surface area contributed by atoms with Gasteiger partial charge in [-0.1, -0.05) is 6.92 Å². The minimum Gasteiger partial charge on any atom is -0.232 e. The van der Waals surface area contributed by atoms with Gasteiger partial charge in [0.2, 0.25) is 0 Å². The van der Waals surface area contributed by atoms with Crippen molar-refractivity contribution in [3.63, 3.8) is 0 Å². The van der Waals surface area contributed by atoms with Crippen LogP contribution in [0.3, 0.4) is 0 Å². The second-order valence-electron chi connectivity index (χ2n) is 7.45. The Bertz CT molecular complexity index is 238. The van der Waals surface area contributed by atoms with Gasteiger partial charge in [0.05, 0.1) is 23.4 Å². The van der Waals surface area contributed by atoms with Crippen LogP contribution in [-0.4, -0.2) is 23.4 Å². The Balaban J connectivity index is 2.44. The smallest absolute Gasteiger partial charge is 0.0981 e. The molecule has 2 atom stereocenters. The lowest BCUT2D eigenvalue weighted by Gasteiger charge is -2.36. The summed E-state index contributed by atoms with van der Waals surface area (Å²) in [6.45, 7) is 14.0. The average Bonchev–Trinajstić information content (AvgIpc) is 2.23. The van der Waals surface area contributed by atoms with Crippen molar-refractivity contribution in [3.8, 4) is 0 Å². The van der Waals surface area contributed by atoms with Gasteiger partial charge in [-0.15, -0.1) is 0 Å². The first kappa shape index (κ1) is 16.9. The second kappa shape index (κ2) is 6.53. The molecule has 0 heterocycles. The molecule has 19 heavy (non-hydrogen) atoms. The van der Waals surface area contributed by atoms with Crippen molar-refractivity contribution in [2.75, 3.05) is 0 Å². The van der Waals surface area contributed by atoms with Crippen LogP contribution in [0.1, 0.15) is 67.7 Å². The molecule has 0 spiro atoms. The molecule has 1 rings (SSSR count). The first-order valence-electron chi connectivity index (χ1n) is 7.27. The number of hydrogen-bond donors (Lipinski definition) is 0. The molecular weight excluding hydrogens is 244 g/mol. The average molecular weight is 274 g/mol. The highest BCUT2D eigenvalue weighted by molar-refractivity contribution is 4.80. The Labute approximate surface area is 117 Å². The lowest BCUT2D eigenvalue weighted by atomic mass is 9.85. The zero-order chi connectivity index (χ0) is 14.7. The molecule has 114 valence electrons. The Morgan fingerprint density at radius 1 is 0.737 bits per heavy atom. The summed E-state index contributed by atoms with van der Waals surface area (Å²) in [6, 6.07) is 0. The van der Waals surface area contributed by atoms with E-state index < -0.39 is 0 Å². The minimum absolute atomic E-state index is 0.0709. The predicted octanol–water partition coefficient (Wildman–Crippen LogP) is 4.04. The zero-order valence-corrected chi connectivity index (χ0v) is 13.5. The topological polar surface area (TPSA) is 36.9 Å². The van der Waals surface area contributed by atoms with Gasteiger partial charge >= 0.3 is 0 Å². The van der Waals surface area contributed by atoms with E-state index in [0.29, 0.717) is 0 Å². The summed E-state index contributed by atoms with van der Waals surface area (Å²) >= 11 is 0. The molecule has 0 bridgehead atoms. The van der Waals surface area contributed by atoms with Crippen LogP contribution in [0.4, 0.5) is 0 Å². The van der Waals surface area contributed by atoms with Gasteiger partial charge in [-0.3, -0.25) is 0 Å². The minimum atomic E-state index is -0.282. The van der Waals surface area contributed by atoms with E-state index in [0.717, 1.165) is 19.3 Å². The molecule has 1 aliphatic carbocycles. The van der Waals surface area contributed by atoms with Crippen molar-refractivity contribution in [2.24, 2.45) is 5.92 Å². The summed E-state index contributed by atoms with van der Waals surface area (Å²) in [5.74, 6) is 0.262. The normalized spacial score (nSPS) is 29.5. The molecular formula is C15H30O4. The summed E-state index contributed by atoms with van der Waals surface area (Å²) in [5.41, 5.74) is -0.565. The molecule has 1 fully saturated rings. The molecule has 0 saturated heterocycles. The zero-order valence-electron chi connectivity index (χ0n) is 13.5. The summed E-state index contributed by atoms with van der Waals surface area (Å²) in [5, 5.41) is 0. The fraction of sp³-hybridized carbons (Fsp3) is 1.00. The van der Waals surface area contributed by atoms with Gasteiger partial charge in [0.15, 0.2) is 0 Å². The first-order chi connectivity index (χ1) is 8.58. The summed E-state index contributed by atoms with van der Waals surface area (Å²) in [4.78, 5) is 22.0. The van der Waals surface area contributed by atoms with Gasteiger partial charge < -0.3 is 0 Å². The van der Waals surface area contributed by atoms with Crippen LogP contribution in [0.5, 0.6) is 0 Å². The highest BCUT2D eigenvalue weighted by Gasteiger charge is 2.34. The SMILES string of the molecule is CC1C(OOC(C)(C)C)CCCC1OOC(C)(C)C. The molecule has 4 nitrogen and oxygen atoms in total. The van der Waals surface area contributed by atoms with Gasteiger partial charge in [0.25, 0.3) is 0 Å². The predicted molar refractivity (Wildman–Crippen MR) is 74.4 cm³/mol. The van der Waals surface area contributed by atoms with Crippen LogP contribution in [0.25, 0.3) is 0 Å². The van der Waals surface area contributed by atoms with Gasteiger partial charge in [-0.25, -0.2) is 19.6 Å². The van der Waals surface area contributed by atoms with Gasteiger partial charge in [0.1, 0.15) is 0 Å². The molecule has 1 saturated carbocycles. The van der Waals surface area contributed by atoms with E-state index in [1.54, 1.807) is 0 Å². The van der Waals surface area contributed by atoms with E-state index in [9.17, 15) is 0 Å². The molecule has 0 aliphatic heterocycles. The Morgan fingerprint density at radius 3 is 1.42 bits per heavy atom. The maximum Gasteiger partial charge on any atom is 0.0981 e.